The van der Waals surface area contributed by atoms with Gasteiger partial charge in [0.25, 0.3) is 0 Å². The summed E-state index contributed by atoms with van der Waals surface area (Å²) in [5.74, 6) is -0.788. The van der Waals surface area contributed by atoms with E-state index in [2.05, 4.69) is 4.72 Å². The van der Waals surface area contributed by atoms with Gasteiger partial charge in [0, 0.05) is 0 Å². The number of rotatable bonds is 4. The maximum atomic E-state index is 13.1. The van der Waals surface area contributed by atoms with Crippen molar-refractivity contribution in [3.63, 3.8) is 0 Å². The van der Waals surface area contributed by atoms with Crippen LogP contribution in [0.4, 0.5) is 4.39 Å². The highest BCUT2D eigenvalue weighted by atomic mass is 32.2. The van der Waals surface area contributed by atoms with Gasteiger partial charge in [-0.2, -0.15) is 15.2 Å². The normalized spacial score (nSPS) is 12.4. The lowest BCUT2D eigenvalue weighted by molar-refractivity contribution is 0.568. The third-order valence-electron chi connectivity index (χ3n) is 2.23. The van der Waals surface area contributed by atoms with Crippen LogP contribution in [0.3, 0.4) is 0 Å². The summed E-state index contributed by atoms with van der Waals surface area (Å²) < 4.78 is 38.9. The van der Waals surface area contributed by atoms with Gasteiger partial charge in [-0.15, -0.1) is 0 Å². The lowest BCUT2D eigenvalue weighted by Gasteiger charge is -2.10. The van der Waals surface area contributed by atoms with E-state index in [9.17, 15) is 12.8 Å². The summed E-state index contributed by atoms with van der Waals surface area (Å²) in [5, 5.41) is 17.3. The van der Waals surface area contributed by atoms with Crippen molar-refractivity contribution < 1.29 is 12.8 Å². The monoisotopic (exact) mass is 267 g/mol. The molecule has 1 unspecified atom stereocenters. The van der Waals surface area contributed by atoms with Crippen LogP contribution in [0.2, 0.25) is 0 Å². The van der Waals surface area contributed by atoms with Gasteiger partial charge in [-0.3, -0.25) is 0 Å². The van der Waals surface area contributed by atoms with E-state index in [1.165, 1.54) is 0 Å². The molecule has 0 heterocycles. The Kier molecular flexibility index (Phi) is 4.38. The second-order valence-corrected chi connectivity index (χ2v) is 5.18. The minimum atomic E-state index is -3.92. The predicted octanol–water partition coefficient (Wildman–Crippen LogP) is 1.28. The minimum absolute atomic E-state index is 0.242. The van der Waals surface area contributed by atoms with E-state index in [0.29, 0.717) is 6.42 Å². The molecule has 0 bridgehead atoms. The SMILES string of the molecule is CCC(C#N)NS(=O)(=O)c1ccc(F)c(C#N)c1. The number of nitriles is 2. The molecule has 0 aliphatic carbocycles. The second-order valence-electron chi connectivity index (χ2n) is 3.46. The van der Waals surface area contributed by atoms with Gasteiger partial charge in [0.1, 0.15) is 17.9 Å². The van der Waals surface area contributed by atoms with Crippen LogP contribution in [0.15, 0.2) is 23.1 Å². The van der Waals surface area contributed by atoms with Gasteiger partial charge in [-0.05, 0) is 24.6 Å². The van der Waals surface area contributed by atoms with Crippen LogP contribution in [-0.4, -0.2) is 14.5 Å². The molecule has 1 aromatic rings. The first-order valence-electron chi connectivity index (χ1n) is 5.06. The van der Waals surface area contributed by atoms with E-state index in [0.717, 1.165) is 18.2 Å². The first kappa shape index (κ1) is 14.1. The van der Waals surface area contributed by atoms with Crippen molar-refractivity contribution in [2.24, 2.45) is 0 Å². The molecule has 0 aliphatic rings. The van der Waals surface area contributed by atoms with Gasteiger partial charge in [-0.25, -0.2) is 12.8 Å². The Morgan fingerprint density at radius 3 is 2.61 bits per heavy atom. The molecule has 0 fully saturated rings. The van der Waals surface area contributed by atoms with Crippen molar-refractivity contribution >= 4 is 10.0 Å². The summed E-state index contributed by atoms with van der Waals surface area (Å²) in [4.78, 5) is -0.242. The fourth-order valence-corrected chi connectivity index (χ4v) is 2.46. The zero-order valence-corrected chi connectivity index (χ0v) is 10.3. The number of benzene rings is 1. The summed E-state index contributed by atoms with van der Waals surface area (Å²) in [6.45, 7) is 1.65. The van der Waals surface area contributed by atoms with Gasteiger partial charge >= 0.3 is 0 Å². The van der Waals surface area contributed by atoms with Gasteiger partial charge in [-0.1, -0.05) is 6.92 Å². The zero-order valence-electron chi connectivity index (χ0n) is 9.51. The molecule has 18 heavy (non-hydrogen) atoms. The zero-order chi connectivity index (χ0) is 13.8. The molecule has 0 saturated carbocycles. The summed E-state index contributed by atoms with van der Waals surface area (Å²) >= 11 is 0. The second kappa shape index (κ2) is 5.58. The highest BCUT2D eigenvalue weighted by Crippen LogP contribution is 2.14. The molecule has 0 amide bonds. The van der Waals surface area contributed by atoms with E-state index < -0.39 is 21.9 Å². The summed E-state index contributed by atoms with van der Waals surface area (Å²) in [6.07, 6.45) is 0.308. The third-order valence-corrected chi connectivity index (χ3v) is 3.70. The number of halogens is 1. The molecule has 1 atom stereocenters. The molecule has 1 aromatic carbocycles. The fraction of sp³-hybridized carbons (Fsp3) is 0.273. The van der Waals surface area contributed by atoms with Crippen LogP contribution in [0.25, 0.3) is 0 Å². The molecular weight excluding hydrogens is 257 g/mol. The first-order valence-corrected chi connectivity index (χ1v) is 6.54. The first-order chi connectivity index (χ1) is 8.44. The van der Waals surface area contributed by atoms with Crippen LogP contribution in [-0.2, 0) is 10.0 Å². The van der Waals surface area contributed by atoms with E-state index in [4.69, 9.17) is 10.5 Å². The summed E-state index contributed by atoms with van der Waals surface area (Å²) in [6, 6.07) is 5.37. The van der Waals surface area contributed by atoms with Crippen molar-refractivity contribution in [1.29, 1.82) is 10.5 Å². The van der Waals surface area contributed by atoms with E-state index >= 15 is 0 Å². The van der Waals surface area contributed by atoms with Crippen LogP contribution in [0, 0.1) is 28.5 Å². The van der Waals surface area contributed by atoms with Gasteiger partial charge < -0.3 is 0 Å². The molecule has 7 heteroatoms. The Hall–Kier alpha value is -1.96. The van der Waals surface area contributed by atoms with Crippen LogP contribution >= 0.6 is 0 Å². The Labute approximate surface area is 105 Å². The van der Waals surface area contributed by atoms with Gasteiger partial charge in [0.2, 0.25) is 10.0 Å². The molecule has 0 aliphatic heterocycles. The van der Waals surface area contributed by atoms with Crippen molar-refractivity contribution in [2.75, 3.05) is 0 Å². The van der Waals surface area contributed by atoms with Crippen molar-refractivity contribution in [2.45, 2.75) is 24.3 Å². The number of hydrogen-bond acceptors (Lipinski definition) is 4. The third kappa shape index (κ3) is 3.04. The smallest absolute Gasteiger partial charge is 0.207 e. The Morgan fingerprint density at radius 2 is 2.11 bits per heavy atom. The average Bonchev–Trinajstić information content (AvgIpc) is 2.36. The number of nitrogens with zero attached hydrogens (tertiary/aromatic N) is 2. The highest BCUT2D eigenvalue weighted by Gasteiger charge is 2.20. The van der Waals surface area contributed by atoms with Crippen LogP contribution < -0.4 is 4.72 Å². The molecule has 0 radical (unpaired) electrons. The molecule has 1 N–H and O–H groups in total. The molecule has 0 saturated heterocycles. The molecule has 0 spiro atoms. The Morgan fingerprint density at radius 1 is 1.44 bits per heavy atom. The molecular formula is C11H10FN3O2S. The molecule has 5 nitrogen and oxygen atoms in total. The maximum absolute atomic E-state index is 13.1. The summed E-state index contributed by atoms with van der Waals surface area (Å²) in [7, 11) is -3.92. The molecule has 1 rings (SSSR count). The van der Waals surface area contributed by atoms with E-state index in [-0.39, 0.29) is 10.5 Å². The molecule has 0 aromatic heterocycles. The average molecular weight is 267 g/mol. The lowest BCUT2D eigenvalue weighted by Crippen LogP contribution is -2.33. The maximum Gasteiger partial charge on any atom is 0.241 e. The predicted molar refractivity (Wildman–Crippen MR) is 61.1 cm³/mol. The number of nitrogens with one attached hydrogen (secondary N) is 1. The van der Waals surface area contributed by atoms with Gasteiger partial charge in [0.15, 0.2) is 0 Å². The van der Waals surface area contributed by atoms with Crippen LogP contribution in [0.1, 0.15) is 18.9 Å². The minimum Gasteiger partial charge on any atom is -0.207 e. The standard InChI is InChI=1S/C11H10FN3O2S/c1-2-9(7-14)15-18(16,17)10-3-4-11(12)8(5-10)6-13/h3-5,9,15H,2H2,1H3. The van der Waals surface area contributed by atoms with E-state index in [1.54, 1.807) is 19.1 Å². The van der Waals surface area contributed by atoms with E-state index in [1.807, 2.05) is 0 Å². The fourth-order valence-electron chi connectivity index (χ4n) is 1.21. The largest absolute Gasteiger partial charge is 0.241 e. The topological polar surface area (TPSA) is 93.8 Å². The van der Waals surface area contributed by atoms with Crippen molar-refractivity contribution in [3.05, 3.63) is 29.6 Å². The van der Waals surface area contributed by atoms with Crippen molar-refractivity contribution in [3.8, 4) is 12.1 Å². The molecule has 94 valence electrons. The lowest BCUT2D eigenvalue weighted by atomic mass is 10.2. The van der Waals surface area contributed by atoms with Crippen molar-refractivity contribution in [1.82, 2.24) is 4.72 Å². The number of sulfonamides is 1. The Bertz CT molecular complexity index is 629. The Balaban J connectivity index is 3.15. The van der Waals surface area contributed by atoms with Gasteiger partial charge in [0.05, 0.1) is 16.5 Å². The van der Waals surface area contributed by atoms with Crippen LogP contribution in [0.5, 0.6) is 0 Å². The summed E-state index contributed by atoms with van der Waals surface area (Å²) in [5.41, 5.74) is -0.358. The highest BCUT2D eigenvalue weighted by molar-refractivity contribution is 7.89. The number of hydrogen-bond donors (Lipinski definition) is 1. The quantitative estimate of drug-likeness (QED) is 0.889.